The fraction of sp³-hybridized carbons (Fsp3) is 0.600. The van der Waals surface area contributed by atoms with Crippen molar-refractivity contribution >= 4 is 12.1 Å². The third-order valence-corrected chi connectivity index (χ3v) is 4.14. The predicted octanol–water partition coefficient (Wildman–Crippen LogP) is 4.95. The number of ether oxygens (including phenoxy) is 2. The molecule has 0 heterocycles. The molecule has 1 aromatic carbocycles. The normalized spacial score (nSPS) is 10.9. The van der Waals surface area contributed by atoms with Crippen molar-refractivity contribution in [1.29, 1.82) is 0 Å². The van der Waals surface area contributed by atoms with Crippen LogP contribution < -0.4 is 4.74 Å². The monoisotopic (exact) mass is 349 g/mol. The molecule has 0 N–H and O–H groups in total. The molecule has 0 fully saturated rings. The SMILES string of the molecule is CCOC(=O)c1cc(C(C)C)cc(C(C)C)c1OC(=O)N(CC)CC. The maximum Gasteiger partial charge on any atom is 0.415 e. The summed E-state index contributed by atoms with van der Waals surface area (Å²) in [6, 6.07) is 3.79. The Morgan fingerprint density at radius 1 is 1.00 bits per heavy atom. The maximum atomic E-state index is 12.5. The van der Waals surface area contributed by atoms with Crippen LogP contribution >= 0.6 is 0 Å². The number of carbonyl (C=O) groups is 2. The molecule has 0 bridgehead atoms. The Morgan fingerprint density at radius 3 is 2.04 bits per heavy atom. The van der Waals surface area contributed by atoms with Crippen molar-refractivity contribution < 1.29 is 19.1 Å². The first kappa shape index (κ1) is 21.0. The van der Waals surface area contributed by atoms with E-state index < -0.39 is 12.1 Å². The molecule has 0 saturated heterocycles. The van der Waals surface area contributed by atoms with Gasteiger partial charge in [-0.25, -0.2) is 9.59 Å². The fourth-order valence-electron chi connectivity index (χ4n) is 2.54. The van der Waals surface area contributed by atoms with Gasteiger partial charge < -0.3 is 14.4 Å². The van der Waals surface area contributed by atoms with E-state index in [1.165, 1.54) is 0 Å². The van der Waals surface area contributed by atoms with Gasteiger partial charge in [-0.1, -0.05) is 33.8 Å². The Hall–Kier alpha value is -2.04. The highest BCUT2D eigenvalue weighted by Gasteiger charge is 2.25. The van der Waals surface area contributed by atoms with Crippen LogP contribution in [0.4, 0.5) is 4.79 Å². The summed E-state index contributed by atoms with van der Waals surface area (Å²) < 4.78 is 10.9. The molecule has 25 heavy (non-hydrogen) atoms. The highest BCUT2D eigenvalue weighted by Crippen LogP contribution is 2.35. The first-order chi connectivity index (χ1) is 11.8. The van der Waals surface area contributed by atoms with Gasteiger partial charge in [0, 0.05) is 13.1 Å². The van der Waals surface area contributed by atoms with E-state index in [1.54, 1.807) is 17.9 Å². The van der Waals surface area contributed by atoms with E-state index in [9.17, 15) is 9.59 Å². The van der Waals surface area contributed by atoms with Crippen molar-refractivity contribution in [2.24, 2.45) is 0 Å². The highest BCUT2D eigenvalue weighted by atomic mass is 16.6. The largest absolute Gasteiger partial charge is 0.462 e. The summed E-state index contributed by atoms with van der Waals surface area (Å²) in [6.45, 7) is 15.1. The quantitative estimate of drug-likeness (QED) is 0.654. The van der Waals surface area contributed by atoms with Crippen LogP contribution in [0.15, 0.2) is 12.1 Å². The van der Waals surface area contributed by atoms with Gasteiger partial charge in [-0.15, -0.1) is 0 Å². The molecule has 0 atom stereocenters. The molecule has 0 aliphatic carbocycles. The number of esters is 1. The van der Waals surface area contributed by atoms with E-state index in [0.717, 1.165) is 11.1 Å². The summed E-state index contributed by atoms with van der Waals surface area (Å²) in [5.41, 5.74) is 2.18. The van der Waals surface area contributed by atoms with Crippen LogP contribution in [0.2, 0.25) is 0 Å². The lowest BCUT2D eigenvalue weighted by Crippen LogP contribution is -2.33. The fourth-order valence-corrected chi connectivity index (χ4v) is 2.54. The second-order valence-electron chi connectivity index (χ2n) is 6.56. The molecule has 1 rings (SSSR count). The van der Waals surface area contributed by atoms with Gasteiger partial charge in [0.2, 0.25) is 0 Å². The second kappa shape index (κ2) is 9.44. The number of amides is 1. The molecule has 5 heteroatoms. The summed E-state index contributed by atoms with van der Waals surface area (Å²) in [6.07, 6.45) is -0.449. The molecule has 5 nitrogen and oxygen atoms in total. The smallest absolute Gasteiger partial charge is 0.415 e. The topological polar surface area (TPSA) is 55.8 Å². The number of hydrogen-bond donors (Lipinski definition) is 0. The Balaban J connectivity index is 3.48. The van der Waals surface area contributed by atoms with Crippen molar-refractivity contribution in [3.05, 3.63) is 28.8 Å². The van der Waals surface area contributed by atoms with E-state index in [0.29, 0.717) is 24.4 Å². The number of carbonyl (C=O) groups excluding carboxylic acids is 2. The first-order valence-corrected chi connectivity index (χ1v) is 9.08. The minimum atomic E-state index is -0.464. The molecule has 0 aliphatic heterocycles. The number of rotatable bonds is 7. The van der Waals surface area contributed by atoms with Gasteiger partial charge in [-0.2, -0.15) is 0 Å². The minimum absolute atomic E-state index is 0.103. The van der Waals surface area contributed by atoms with Crippen molar-refractivity contribution in [2.45, 2.75) is 60.3 Å². The lowest BCUT2D eigenvalue weighted by molar-refractivity contribution is 0.0522. The van der Waals surface area contributed by atoms with Crippen LogP contribution in [0.25, 0.3) is 0 Å². The van der Waals surface area contributed by atoms with Gasteiger partial charge in [-0.05, 0) is 49.8 Å². The Bertz CT molecular complexity index is 604. The standard InChI is InChI=1S/C20H31NO4/c1-8-21(9-2)20(23)25-18-16(14(6)7)11-15(13(4)5)12-17(18)19(22)24-10-3/h11-14H,8-10H2,1-7H3. The van der Waals surface area contributed by atoms with E-state index in [-0.39, 0.29) is 18.4 Å². The summed E-state index contributed by atoms with van der Waals surface area (Å²) in [5.74, 6) is 0.202. The van der Waals surface area contributed by atoms with Crippen molar-refractivity contribution in [3.8, 4) is 5.75 Å². The third kappa shape index (κ3) is 5.21. The molecule has 140 valence electrons. The molecular weight excluding hydrogens is 318 g/mol. The molecule has 0 aliphatic rings. The van der Waals surface area contributed by atoms with Crippen LogP contribution in [0.3, 0.4) is 0 Å². The van der Waals surface area contributed by atoms with E-state index in [1.807, 2.05) is 33.8 Å². The predicted molar refractivity (Wildman–Crippen MR) is 99.5 cm³/mol. The van der Waals surface area contributed by atoms with E-state index >= 15 is 0 Å². The van der Waals surface area contributed by atoms with Crippen LogP contribution in [-0.2, 0) is 4.74 Å². The highest BCUT2D eigenvalue weighted by molar-refractivity contribution is 5.94. The Kier molecular flexibility index (Phi) is 7.94. The summed E-state index contributed by atoms with van der Waals surface area (Å²) in [7, 11) is 0. The summed E-state index contributed by atoms with van der Waals surface area (Å²) in [5, 5.41) is 0. The molecule has 0 radical (unpaired) electrons. The first-order valence-electron chi connectivity index (χ1n) is 9.08. The van der Waals surface area contributed by atoms with Gasteiger partial charge in [-0.3, -0.25) is 0 Å². The van der Waals surface area contributed by atoms with Gasteiger partial charge in [0.05, 0.1) is 6.61 Å². The van der Waals surface area contributed by atoms with Gasteiger partial charge in [0.1, 0.15) is 5.56 Å². The lowest BCUT2D eigenvalue weighted by Gasteiger charge is -2.23. The third-order valence-electron chi connectivity index (χ3n) is 4.14. The molecule has 0 unspecified atom stereocenters. The maximum absolute atomic E-state index is 12.5. The van der Waals surface area contributed by atoms with Gasteiger partial charge in [0.25, 0.3) is 0 Å². The second-order valence-corrected chi connectivity index (χ2v) is 6.56. The molecule has 0 spiro atoms. The lowest BCUT2D eigenvalue weighted by atomic mass is 9.92. The zero-order valence-corrected chi connectivity index (χ0v) is 16.5. The Morgan fingerprint density at radius 2 is 1.60 bits per heavy atom. The van der Waals surface area contributed by atoms with Crippen molar-refractivity contribution in [3.63, 3.8) is 0 Å². The molecule has 0 aromatic heterocycles. The Labute approximate surface area is 151 Å². The molecule has 1 aromatic rings. The van der Waals surface area contributed by atoms with Crippen LogP contribution in [0.1, 0.15) is 81.8 Å². The summed E-state index contributed by atoms with van der Waals surface area (Å²) in [4.78, 5) is 26.5. The number of benzene rings is 1. The average molecular weight is 349 g/mol. The van der Waals surface area contributed by atoms with Crippen LogP contribution in [-0.4, -0.2) is 36.7 Å². The summed E-state index contributed by atoms with van der Waals surface area (Å²) >= 11 is 0. The van der Waals surface area contributed by atoms with Crippen LogP contribution in [0.5, 0.6) is 5.75 Å². The number of nitrogens with zero attached hydrogens (tertiary/aromatic N) is 1. The minimum Gasteiger partial charge on any atom is -0.462 e. The van der Waals surface area contributed by atoms with Crippen molar-refractivity contribution in [1.82, 2.24) is 4.90 Å². The van der Waals surface area contributed by atoms with E-state index in [2.05, 4.69) is 13.8 Å². The average Bonchev–Trinajstić information content (AvgIpc) is 2.55. The van der Waals surface area contributed by atoms with Crippen LogP contribution in [0, 0.1) is 0 Å². The van der Waals surface area contributed by atoms with Crippen molar-refractivity contribution in [2.75, 3.05) is 19.7 Å². The number of hydrogen-bond acceptors (Lipinski definition) is 4. The molecular formula is C20H31NO4. The zero-order chi connectivity index (χ0) is 19.1. The molecule has 1 amide bonds. The van der Waals surface area contributed by atoms with Gasteiger partial charge >= 0.3 is 12.1 Å². The van der Waals surface area contributed by atoms with E-state index in [4.69, 9.17) is 9.47 Å². The zero-order valence-electron chi connectivity index (χ0n) is 16.5. The van der Waals surface area contributed by atoms with Gasteiger partial charge in [0.15, 0.2) is 5.75 Å². The molecule has 0 saturated carbocycles.